The van der Waals surface area contributed by atoms with E-state index in [1.54, 1.807) is 0 Å². The molecule has 0 aromatic rings. The molecule has 1 fully saturated rings. The van der Waals surface area contributed by atoms with Crippen LogP contribution in [0.1, 0.15) is 26.7 Å². The molecule has 0 aromatic carbocycles. The van der Waals surface area contributed by atoms with E-state index in [9.17, 15) is 9.59 Å². The van der Waals surface area contributed by atoms with Crippen LogP contribution in [0.4, 0.5) is 0 Å². The van der Waals surface area contributed by atoms with Gasteiger partial charge in [-0.2, -0.15) is 11.8 Å². The molecule has 104 valence electrons. The maximum absolute atomic E-state index is 11.8. The predicted molar refractivity (Wildman–Crippen MR) is 72.8 cm³/mol. The average Bonchev–Trinajstić information content (AvgIpc) is 2.28. The van der Waals surface area contributed by atoms with Crippen molar-refractivity contribution < 1.29 is 14.7 Å². The van der Waals surface area contributed by atoms with Crippen LogP contribution in [0.2, 0.25) is 0 Å². The van der Waals surface area contributed by atoms with E-state index in [0.29, 0.717) is 12.8 Å². The van der Waals surface area contributed by atoms with Gasteiger partial charge in [-0.3, -0.25) is 4.79 Å². The molecule has 1 aliphatic heterocycles. The molecule has 0 bridgehead atoms. The maximum Gasteiger partial charge on any atom is 0.326 e. The van der Waals surface area contributed by atoms with Crippen molar-refractivity contribution in [2.24, 2.45) is 5.92 Å². The van der Waals surface area contributed by atoms with Crippen molar-refractivity contribution in [1.29, 1.82) is 0 Å². The highest BCUT2D eigenvalue weighted by Crippen LogP contribution is 2.11. The Hall–Kier alpha value is -0.750. The van der Waals surface area contributed by atoms with Gasteiger partial charge >= 0.3 is 5.97 Å². The number of carboxylic acids is 1. The van der Waals surface area contributed by atoms with Crippen molar-refractivity contribution in [2.45, 2.75) is 38.8 Å². The molecule has 0 spiro atoms. The van der Waals surface area contributed by atoms with E-state index in [2.05, 4.69) is 10.6 Å². The first kappa shape index (κ1) is 15.3. The summed E-state index contributed by atoms with van der Waals surface area (Å²) in [5.74, 6) is 1.10. The van der Waals surface area contributed by atoms with Crippen LogP contribution in [0, 0.1) is 5.92 Å². The Bertz CT molecular complexity index is 291. The lowest BCUT2D eigenvalue weighted by Gasteiger charge is -2.23. The van der Waals surface area contributed by atoms with Crippen LogP contribution in [0.3, 0.4) is 0 Å². The molecule has 3 N–H and O–H groups in total. The van der Waals surface area contributed by atoms with Gasteiger partial charge in [-0.25, -0.2) is 4.79 Å². The SMILES string of the molecule is CC(C)CC(NC(=O)CC1CSCCN1)C(=O)O. The molecule has 1 amide bonds. The molecule has 6 heteroatoms. The second-order valence-electron chi connectivity index (χ2n) is 5.02. The maximum atomic E-state index is 11.8. The Balaban J connectivity index is 2.37. The first-order valence-corrected chi connectivity index (χ1v) is 7.47. The van der Waals surface area contributed by atoms with Crippen molar-refractivity contribution in [1.82, 2.24) is 10.6 Å². The summed E-state index contributed by atoms with van der Waals surface area (Å²) >= 11 is 1.82. The summed E-state index contributed by atoms with van der Waals surface area (Å²) in [6.45, 7) is 4.81. The number of hydrogen-bond acceptors (Lipinski definition) is 4. The molecule has 1 rings (SSSR count). The Morgan fingerprint density at radius 3 is 2.72 bits per heavy atom. The molecule has 5 nitrogen and oxygen atoms in total. The van der Waals surface area contributed by atoms with Crippen LogP contribution in [0.15, 0.2) is 0 Å². The minimum absolute atomic E-state index is 0.164. The number of aliphatic carboxylic acids is 1. The van der Waals surface area contributed by atoms with Crippen molar-refractivity contribution in [2.75, 3.05) is 18.1 Å². The minimum atomic E-state index is -0.956. The van der Waals surface area contributed by atoms with Gasteiger partial charge in [0.2, 0.25) is 5.91 Å². The zero-order valence-corrected chi connectivity index (χ0v) is 11.8. The summed E-state index contributed by atoms with van der Waals surface area (Å²) in [6, 6.07) is -0.606. The Morgan fingerprint density at radius 2 is 2.22 bits per heavy atom. The zero-order valence-electron chi connectivity index (χ0n) is 10.9. The van der Waals surface area contributed by atoms with E-state index in [-0.39, 0.29) is 17.9 Å². The number of carbonyl (C=O) groups is 2. The Morgan fingerprint density at radius 1 is 1.50 bits per heavy atom. The van der Waals surface area contributed by atoms with Gasteiger partial charge in [-0.15, -0.1) is 0 Å². The second kappa shape index (κ2) is 7.63. The minimum Gasteiger partial charge on any atom is -0.480 e. The van der Waals surface area contributed by atoms with Crippen molar-refractivity contribution >= 4 is 23.6 Å². The van der Waals surface area contributed by atoms with Gasteiger partial charge in [-0.1, -0.05) is 13.8 Å². The molecular weight excluding hydrogens is 252 g/mol. The molecule has 0 aromatic heterocycles. The molecule has 2 atom stereocenters. The third-order valence-electron chi connectivity index (χ3n) is 2.77. The van der Waals surface area contributed by atoms with Crippen molar-refractivity contribution in [3.05, 3.63) is 0 Å². The first-order valence-electron chi connectivity index (χ1n) is 6.32. The fourth-order valence-electron chi connectivity index (χ4n) is 1.92. The number of rotatable bonds is 6. The summed E-state index contributed by atoms with van der Waals surface area (Å²) in [4.78, 5) is 22.8. The van der Waals surface area contributed by atoms with Gasteiger partial charge in [0.25, 0.3) is 0 Å². The van der Waals surface area contributed by atoms with E-state index in [1.165, 1.54) is 0 Å². The molecule has 2 unspecified atom stereocenters. The summed E-state index contributed by atoms with van der Waals surface area (Å²) in [6.07, 6.45) is 0.822. The third kappa shape index (κ3) is 5.73. The van der Waals surface area contributed by atoms with Gasteiger partial charge in [0, 0.05) is 30.5 Å². The number of nitrogens with one attached hydrogen (secondary N) is 2. The zero-order chi connectivity index (χ0) is 13.5. The van der Waals surface area contributed by atoms with E-state index >= 15 is 0 Å². The van der Waals surface area contributed by atoms with Gasteiger partial charge < -0.3 is 15.7 Å². The summed E-state index contributed by atoms with van der Waals surface area (Å²) in [5.41, 5.74) is 0. The van der Waals surface area contributed by atoms with Gasteiger partial charge in [-0.05, 0) is 12.3 Å². The van der Waals surface area contributed by atoms with Gasteiger partial charge in [0.1, 0.15) is 6.04 Å². The lowest BCUT2D eigenvalue weighted by Crippen LogP contribution is -2.46. The van der Waals surface area contributed by atoms with Gasteiger partial charge in [0.15, 0.2) is 0 Å². The van der Waals surface area contributed by atoms with Crippen LogP contribution in [0.25, 0.3) is 0 Å². The van der Waals surface area contributed by atoms with Crippen molar-refractivity contribution in [3.8, 4) is 0 Å². The predicted octanol–water partition coefficient (Wildman–Crippen LogP) is 0.697. The summed E-state index contributed by atoms with van der Waals surface area (Å²) < 4.78 is 0. The molecule has 1 aliphatic rings. The number of carboxylic acid groups (broad SMARTS) is 1. The standard InChI is InChI=1S/C12H22N2O3S/c1-8(2)5-10(12(16)17)14-11(15)6-9-7-18-4-3-13-9/h8-10,13H,3-7H2,1-2H3,(H,14,15)(H,16,17). The second-order valence-corrected chi connectivity index (χ2v) is 6.17. The number of hydrogen-bond donors (Lipinski definition) is 3. The Kier molecular flexibility index (Phi) is 6.49. The highest BCUT2D eigenvalue weighted by Gasteiger charge is 2.23. The van der Waals surface area contributed by atoms with Gasteiger partial charge in [0.05, 0.1) is 0 Å². The molecule has 0 saturated carbocycles. The van der Waals surface area contributed by atoms with E-state index in [0.717, 1.165) is 18.1 Å². The summed E-state index contributed by atoms with van der Waals surface area (Å²) in [7, 11) is 0. The third-order valence-corrected chi connectivity index (χ3v) is 3.90. The van der Waals surface area contributed by atoms with E-state index in [4.69, 9.17) is 5.11 Å². The van der Waals surface area contributed by atoms with E-state index < -0.39 is 12.0 Å². The quantitative estimate of drug-likeness (QED) is 0.664. The fraction of sp³-hybridized carbons (Fsp3) is 0.833. The number of amides is 1. The molecule has 0 aliphatic carbocycles. The summed E-state index contributed by atoms with van der Waals surface area (Å²) in [5, 5.41) is 14.9. The van der Waals surface area contributed by atoms with Crippen molar-refractivity contribution in [3.63, 3.8) is 0 Å². The fourth-order valence-corrected chi connectivity index (χ4v) is 2.87. The molecular formula is C12H22N2O3S. The monoisotopic (exact) mass is 274 g/mol. The first-order chi connectivity index (χ1) is 8.49. The topological polar surface area (TPSA) is 78.4 Å². The molecule has 0 radical (unpaired) electrons. The lowest BCUT2D eigenvalue weighted by atomic mass is 10.0. The number of thioether (sulfide) groups is 1. The van der Waals surface area contributed by atoms with Crippen LogP contribution < -0.4 is 10.6 Å². The normalized spacial score (nSPS) is 21.6. The van der Waals surface area contributed by atoms with E-state index in [1.807, 2.05) is 25.6 Å². The highest BCUT2D eigenvalue weighted by molar-refractivity contribution is 7.99. The highest BCUT2D eigenvalue weighted by atomic mass is 32.2. The lowest BCUT2D eigenvalue weighted by molar-refractivity contribution is -0.142. The van der Waals surface area contributed by atoms with Crippen LogP contribution in [0.5, 0.6) is 0 Å². The largest absolute Gasteiger partial charge is 0.480 e. The molecule has 1 saturated heterocycles. The van der Waals surface area contributed by atoms with Crippen LogP contribution >= 0.6 is 11.8 Å². The number of carbonyl (C=O) groups excluding carboxylic acids is 1. The molecule has 1 heterocycles. The van der Waals surface area contributed by atoms with Crippen LogP contribution in [-0.4, -0.2) is 47.1 Å². The molecule has 18 heavy (non-hydrogen) atoms. The smallest absolute Gasteiger partial charge is 0.326 e. The average molecular weight is 274 g/mol. The Labute approximate surface area is 112 Å². The van der Waals surface area contributed by atoms with Crippen LogP contribution in [-0.2, 0) is 9.59 Å².